The molecule has 0 aromatic heterocycles. The molecule has 0 radical (unpaired) electrons. The molecule has 1 rings (SSSR count). The summed E-state index contributed by atoms with van der Waals surface area (Å²) in [6.45, 7) is 5.84. The Kier molecular flexibility index (Phi) is 5.06. The van der Waals surface area contributed by atoms with Gasteiger partial charge in [0.15, 0.2) is 0 Å². The summed E-state index contributed by atoms with van der Waals surface area (Å²) in [7, 11) is 0. The van der Waals surface area contributed by atoms with Gasteiger partial charge in [0.2, 0.25) is 0 Å². The van der Waals surface area contributed by atoms with E-state index in [-0.39, 0.29) is 11.1 Å². The summed E-state index contributed by atoms with van der Waals surface area (Å²) in [5.74, 6) is -0.487. The second-order valence-corrected chi connectivity index (χ2v) is 4.76. The highest BCUT2D eigenvalue weighted by molar-refractivity contribution is 6.35. The molecule has 1 atom stereocenters. The van der Waals surface area contributed by atoms with E-state index in [9.17, 15) is 4.39 Å². The zero-order chi connectivity index (χ0) is 12.3. The van der Waals surface area contributed by atoms with E-state index in [0.717, 1.165) is 0 Å². The van der Waals surface area contributed by atoms with Gasteiger partial charge in [-0.05, 0) is 24.6 Å². The van der Waals surface area contributed by atoms with Crippen LogP contribution < -0.4 is 5.32 Å². The molecule has 0 amide bonds. The van der Waals surface area contributed by atoms with Crippen molar-refractivity contribution in [2.24, 2.45) is 0 Å². The fourth-order valence-corrected chi connectivity index (χ4v) is 1.87. The van der Waals surface area contributed by atoms with Crippen LogP contribution in [-0.2, 0) is 0 Å². The third-order valence-corrected chi connectivity index (χ3v) is 2.86. The Morgan fingerprint density at radius 2 is 2.06 bits per heavy atom. The van der Waals surface area contributed by atoms with E-state index in [1.807, 2.05) is 6.92 Å². The van der Waals surface area contributed by atoms with Gasteiger partial charge in [-0.15, -0.1) is 0 Å². The summed E-state index contributed by atoms with van der Waals surface area (Å²) in [5.41, 5.74) is 0.640. The van der Waals surface area contributed by atoms with Crippen molar-refractivity contribution < 1.29 is 4.39 Å². The predicted molar refractivity (Wildman–Crippen MR) is 67.8 cm³/mol. The standard InChI is InChI=1S/C11H11Cl3FN/c1-6(12)5-16-7(2)8-3-11(15)10(14)4-9(8)13/h3-4,7,16H,1,5H2,2H3. The number of hydrogen-bond acceptors (Lipinski definition) is 1. The van der Waals surface area contributed by atoms with Gasteiger partial charge in [-0.3, -0.25) is 0 Å². The molecule has 1 aromatic rings. The molecule has 0 bridgehead atoms. The minimum atomic E-state index is -0.487. The Bertz CT molecular complexity index is 406. The molecule has 0 aliphatic carbocycles. The number of nitrogens with one attached hydrogen (secondary N) is 1. The molecule has 0 aliphatic rings. The highest BCUT2D eigenvalue weighted by Crippen LogP contribution is 2.28. The highest BCUT2D eigenvalue weighted by Gasteiger charge is 2.12. The van der Waals surface area contributed by atoms with Crippen LogP contribution in [0.3, 0.4) is 0 Å². The van der Waals surface area contributed by atoms with Crippen molar-refractivity contribution in [2.75, 3.05) is 6.54 Å². The molecule has 0 saturated heterocycles. The maximum atomic E-state index is 13.3. The van der Waals surface area contributed by atoms with Gasteiger partial charge in [-0.25, -0.2) is 4.39 Å². The molecule has 1 aromatic carbocycles. The van der Waals surface area contributed by atoms with E-state index in [2.05, 4.69) is 11.9 Å². The first-order chi connectivity index (χ1) is 7.41. The minimum absolute atomic E-state index is 0.0164. The molecule has 1 unspecified atom stereocenters. The molecule has 0 heterocycles. The average molecular weight is 283 g/mol. The van der Waals surface area contributed by atoms with E-state index in [0.29, 0.717) is 22.2 Å². The SMILES string of the molecule is C=C(Cl)CNC(C)c1cc(F)c(Cl)cc1Cl. The predicted octanol–water partition coefficient (Wildman–Crippen LogP) is 4.54. The van der Waals surface area contributed by atoms with Gasteiger partial charge < -0.3 is 5.32 Å². The van der Waals surface area contributed by atoms with E-state index in [1.165, 1.54) is 12.1 Å². The average Bonchev–Trinajstić information content (AvgIpc) is 2.20. The fourth-order valence-electron chi connectivity index (χ4n) is 1.24. The normalized spacial score (nSPS) is 12.6. The van der Waals surface area contributed by atoms with Gasteiger partial charge in [0.05, 0.1) is 5.02 Å². The molecule has 16 heavy (non-hydrogen) atoms. The summed E-state index contributed by atoms with van der Waals surface area (Å²) >= 11 is 17.2. The molecule has 0 aliphatic heterocycles. The van der Waals surface area contributed by atoms with Crippen LogP contribution in [0.2, 0.25) is 10.0 Å². The van der Waals surface area contributed by atoms with Crippen molar-refractivity contribution in [2.45, 2.75) is 13.0 Å². The quantitative estimate of drug-likeness (QED) is 0.800. The van der Waals surface area contributed by atoms with E-state index >= 15 is 0 Å². The largest absolute Gasteiger partial charge is 0.305 e. The fraction of sp³-hybridized carbons (Fsp3) is 0.273. The molecular weight excluding hydrogens is 271 g/mol. The third-order valence-electron chi connectivity index (χ3n) is 2.11. The molecular formula is C11H11Cl3FN. The van der Waals surface area contributed by atoms with Crippen LogP contribution in [-0.4, -0.2) is 6.54 Å². The zero-order valence-corrected chi connectivity index (χ0v) is 10.9. The second-order valence-electron chi connectivity index (χ2n) is 3.41. The summed E-state index contributed by atoms with van der Waals surface area (Å²) in [5, 5.41) is 3.98. The van der Waals surface area contributed by atoms with Crippen molar-refractivity contribution in [3.05, 3.63) is 45.2 Å². The number of rotatable bonds is 4. The van der Waals surface area contributed by atoms with Crippen LogP contribution in [0, 0.1) is 5.82 Å². The Hall–Kier alpha value is -0.280. The third kappa shape index (κ3) is 3.63. The molecule has 0 spiro atoms. The van der Waals surface area contributed by atoms with Crippen molar-refractivity contribution in [3.63, 3.8) is 0 Å². The van der Waals surface area contributed by atoms with Crippen molar-refractivity contribution >= 4 is 34.8 Å². The van der Waals surface area contributed by atoms with Gasteiger partial charge in [-0.2, -0.15) is 0 Å². The summed E-state index contributed by atoms with van der Waals surface area (Å²) < 4.78 is 13.3. The summed E-state index contributed by atoms with van der Waals surface area (Å²) in [6.07, 6.45) is 0. The first-order valence-corrected chi connectivity index (χ1v) is 5.76. The van der Waals surface area contributed by atoms with Crippen molar-refractivity contribution in [1.29, 1.82) is 0 Å². The zero-order valence-electron chi connectivity index (χ0n) is 8.66. The van der Waals surface area contributed by atoms with E-state index < -0.39 is 5.82 Å². The minimum Gasteiger partial charge on any atom is -0.305 e. The molecule has 0 fully saturated rings. The number of halogens is 4. The van der Waals surface area contributed by atoms with Gasteiger partial charge in [-0.1, -0.05) is 41.4 Å². The maximum Gasteiger partial charge on any atom is 0.142 e. The van der Waals surface area contributed by atoms with Gasteiger partial charge >= 0.3 is 0 Å². The van der Waals surface area contributed by atoms with Crippen molar-refractivity contribution in [1.82, 2.24) is 5.32 Å². The number of hydrogen-bond donors (Lipinski definition) is 1. The summed E-state index contributed by atoms with van der Waals surface area (Å²) in [4.78, 5) is 0. The first-order valence-electron chi connectivity index (χ1n) is 4.63. The van der Waals surface area contributed by atoms with Crippen LogP contribution in [0.4, 0.5) is 4.39 Å². The van der Waals surface area contributed by atoms with E-state index in [4.69, 9.17) is 34.8 Å². The van der Waals surface area contributed by atoms with Gasteiger partial charge in [0, 0.05) is 22.6 Å². The van der Waals surface area contributed by atoms with Crippen LogP contribution in [0.1, 0.15) is 18.5 Å². The molecule has 1 nitrogen and oxygen atoms in total. The lowest BCUT2D eigenvalue weighted by Crippen LogP contribution is -2.20. The Morgan fingerprint density at radius 1 is 1.44 bits per heavy atom. The van der Waals surface area contributed by atoms with Crippen LogP contribution in [0.15, 0.2) is 23.7 Å². The molecule has 88 valence electrons. The highest BCUT2D eigenvalue weighted by atomic mass is 35.5. The lowest BCUT2D eigenvalue weighted by Gasteiger charge is -2.15. The number of benzene rings is 1. The molecule has 0 saturated carbocycles. The van der Waals surface area contributed by atoms with Crippen LogP contribution in [0.25, 0.3) is 0 Å². The molecule has 1 N–H and O–H groups in total. The maximum absolute atomic E-state index is 13.3. The second kappa shape index (κ2) is 5.87. The Morgan fingerprint density at radius 3 is 2.62 bits per heavy atom. The van der Waals surface area contributed by atoms with Gasteiger partial charge in [0.25, 0.3) is 0 Å². The Balaban J connectivity index is 2.86. The smallest absolute Gasteiger partial charge is 0.142 e. The van der Waals surface area contributed by atoms with Crippen molar-refractivity contribution in [3.8, 4) is 0 Å². The molecule has 5 heteroatoms. The topological polar surface area (TPSA) is 12.0 Å². The van der Waals surface area contributed by atoms with Gasteiger partial charge in [0.1, 0.15) is 5.82 Å². The van der Waals surface area contributed by atoms with Crippen LogP contribution in [0.5, 0.6) is 0 Å². The lowest BCUT2D eigenvalue weighted by atomic mass is 10.1. The Labute approximate surface area is 109 Å². The van der Waals surface area contributed by atoms with Crippen LogP contribution >= 0.6 is 34.8 Å². The monoisotopic (exact) mass is 281 g/mol. The lowest BCUT2D eigenvalue weighted by molar-refractivity contribution is 0.593. The summed E-state index contributed by atoms with van der Waals surface area (Å²) in [6, 6.07) is 2.58. The first kappa shape index (κ1) is 13.8. The van der Waals surface area contributed by atoms with E-state index in [1.54, 1.807) is 0 Å².